The molecule has 1 heterocycles. The summed E-state index contributed by atoms with van der Waals surface area (Å²) in [6.07, 6.45) is 0.384. The van der Waals surface area contributed by atoms with Gasteiger partial charge in [0.05, 0.1) is 16.7 Å². The second-order valence-corrected chi connectivity index (χ2v) is 5.99. The van der Waals surface area contributed by atoms with Crippen LogP contribution in [0.25, 0.3) is 11.0 Å². The molecule has 1 amide bonds. The summed E-state index contributed by atoms with van der Waals surface area (Å²) in [4.78, 5) is 29.1. The number of fused-ring (bicyclic) bond motifs is 1. The Morgan fingerprint density at radius 3 is 2.60 bits per heavy atom. The average Bonchev–Trinajstić information content (AvgIpc) is 2.93. The van der Waals surface area contributed by atoms with Crippen LogP contribution in [0.3, 0.4) is 0 Å². The van der Waals surface area contributed by atoms with Crippen LogP contribution in [-0.2, 0) is 11.2 Å². The molecule has 3 aromatic rings. The number of hydrogen-bond acceptors (Lipinski definition) is 2. The lowest BCUT2D eigenvalue weighted by atomic mass is 10.1. The zero-order chi connectivity index (χ0) is 18.1. The van der Waals surface area contributed by atoms with Crippen LogP contribution in [0.4, 0.5) is 14.5 Å². The highest BCUT2D eigenvalue weighted by Gasteiger charge is 2.14. The number of hydrogen-bond donors (Lipinski definition) is 3. The average molecular weight is 345 g/mol. The van der Waals surface area contributed by atoms with Crippen molar-refractivity contribution in [1.82, 2.24) is 9.97 Å². The van der Waals surface area contributed by atoms with E-state index in [1.54, 1.807) is 0 Å². The van der Waals surface area contributed by atoms with E-state index < -0.39 is 11.6 Å². The maximum absolute atomic E-state index is 13.2. The van der Waals surface area contributed by atoms with Crippen molar-refractivity contribution in [3.8, 4) is 0 Å². The molecule has 0 spiro atoms. The van der Waals surface area contributed by atoms with Gasteiger partial charge in [-0.2, -0.15) is 0 Å². The number of aromatic amines is 2. The minimum atomic E-state index is -0.931. The summed E-state index contributed by atoms with van der Waals surface area (Å²) in [5.41, 5.74) is 3.66. The van der Waals surface area contributed by atoms with Gasteiger partial charge in [-0.05, 0) is 55.2 Å². The highest BCUT2D eigenvalue weighted by molar-refractivity contribution is 6.01. The number of carbonyl (C=O) groups is 1. The summed E-state index contributed by atoms with van der Waals surface area (Å²) in [5, 5.41) is 2.81. The molecule has 0 bridgehead atoms. The van der Waals surface area contributed by atoms with Crippen molar-refractivity contribution in [2.24, 2.45) is 0 Å². The molecule has 130 valence electrons. The van der Waals surface area contributed by atoms with Crippen molar-refractivity contribution in [2.75, 3.05) is 5.32 Å². The van der Waals surface area contributed by atoms with E-state index in [4.69, 9.17) is 0 Å². The first-order chi connectivity index (χ1) is 11.8. The van der Waals surface area contributed by atoms with Crippen molar-refractivity contribution >= 4 is 22.6 Å². The van der Waals surface area contributed by atoms with Crippen LogP contribution in [-0.4, -0.2) is 15.9 Å². The molecule has 0 radical (unpaired) electrons. The van der Waals surface area contributed by atoms with Gasteiger partial charge in [0.15, 0.2) is 11.6 Å². The number of imidazole rings is 1. The van der Waals surface area contributed by atoms with Gasteiger partial charge in [-0.15, -0.1) is 0 Å². The van der Waals surface area contributed by atoms with Crippen molar-refractivity contribution in [2.45, 2.75) is 26.7 Å². The third-order valence-corrected chi connectivity index (χ3v) is 4.22. The van der Waals surface area contributed by atoms with Gasteiger partial charge in [0.25, 0.3) is 0 Å². The minimum absolute atomic E-state index is 0.106. The molecule has 0 atom stereocenters. The van der Waals surface area contributed by atoms with Crippen LogP contribution in [0.5, 0.6) is 0 Å². The molecule has 0 saturated heterocycles. The second-order valence-electron chi connectivity index (χ2n) is 5.99. The van der Waals surface area contributed by atoms with Gasteiger partial charge >= 0.3 is 5.69 Å². The second kappa shape index (κ2) is 6.51. The van der Waals surface area contributed by atoms with Crippen LogP contribution in [0, 0.1) is 25.5 Å². The largest absolute Gasteiger partial charge is 0.324 e. The van der Waals surface area contributed by atoms with E-state index in [-0.39, 0.29) is 24.4 Å². The first-order valence-electron chi connectivity index (χ1n) is 7.81. The van der Waals surface area contributed by atoms with Gasteiger partial charge in [0, 0.05) is 6.42 Å². The number of nitrogens with one attached hydrogen (secondary N) is 3. The molecular weight excluding hydrogens is 328 g/mol. The summed E-state index contributed by atoms with van der Waals surface area (Å²) >= 11 is 0. The smallest absolute Gasteiger partial charge is 0.323 e. The normalized spacial score (nSPS) is 11.0. The Bertz CT molecular complexity index is 1020. The Labute approximate surface area is 142 Å². The van der Waals surface area contributed by atoms with Gasteiger partial charge < -0.3 is 15.3 Å². The van der Waals surface area contributed by atoms with Gasteiger partial charge in [-0.1, -0.05) is 6.07 Å². The molecule has 0 fully saturated rings. The third kappa shape index (κ3) is 3.45. The summed E-state index contributed by atoms with van der Waals surface area (Å²) in [6.45, 7) is 3.74. The van der Waals surface area contributed by atoms with E-state index in [0.717, 1.165) is 23.3 Å². The maximum atomic E-state index is 13.2. The van der Waals surface area contributed by atoms with E-state index in [1.807, 2.05) is 19.9 Å². The Balaban J connectivity index is 1.79. The molecule has 0 aliphatic rings. The molecule has 0 aliphatic heterocycles. The number of H-pyrrole nitrogens is 2. The van der Waals surface area contributed by atoms with E-state index in [2.05, 4.69) is 15.3 Å². The van der Waals surface area contributed by atoms with Gasteiger partial charge in [0.2, 0.25) is 5.91 Å². The third-order valence-electron chi connectivity index (χ3n) is 4.22. The molecule has 25 heavy (non-hydrogen) atoms. The predicted molar refractivity (Wildman–Crippen MR) is 91.7 cm³/mol. The van der Waals surface area contributed by atoms with Crippen LogP contribution in [0.1, 0.15) is 23.1 Å². The Morgan fingerprint density at radius 2 is 1.88 bits per heavy atom. The molecule has 3 rings (SSSR count). The standard InChI is InChI=1S/C18H17F2N3O2/c1-9-7-14-17(23-18(25)21-14)16(10(9)2)22-15(24)6-4-11-3-5-12(19)13(20)8-11/h3,5,7-8H,4,6H2,1-2H3,(H,22,24)(H2,21,23,25). The molecule has 5 nitrogen and oxygen atoms in total. The number of aryl methyl sites for hydroxylation is 2. The summed E-state index contributed by atoms with van der Waals surface area (Å²) in [5.74, 6) is -2.12. The Kier molecular flexibility index (Phi) is 4.39. The fraction of sp³-hybridized carbons (Fsp3) is 0.222. The molecule has 0 saturated carbocycles. The van der Waals surface area contributed by atoms with E-state index >= 15 is 0 Å². The van der Waals surface area contributed by atoms with Crippen molar-refractivity contribution in [3.05, 3.63) is 63.1 Å². The van der Waals surface area contributed by atoms with E-state index in [0.29, 0.717) is 22.3 Å². The number of benzene rings is 2. The molecule has 7 heteroatoms. The van der Waals surface area contributed by atoms with E-state index in [1.165, 1.54) is 6.07 Å². The summed E-state index contributed by atoms with van der Waals surface area (Å²) in [6, 6.07) is 5.41. The lowest BCUT2D eigenvalue weighted by Gasteiger charge is -2.12. The number of aromatic nitrogens is 2. The molecule has 2 aromatic carbocycles. The lowest BCUT2D eigenvalue weighted by Crippen LogP contribution is -2.14. The molecule has 3 N–H and O–H groups in total. The molecular formula is C18H17F2N3O2. The molecule has 0 unspecified atom stereocenters. The Morgan fingerprint density at radius 1 is 1.12 bits per heavy atom. The zero-order valence-corrected chi connectivity index (χ0v) is 13.8. The van der Waals surface area contributed by atoms with Crippen molar-refractivity contribution < 1.29 is 13.6 Å². The first-order valence-corrected chi connectivity index (χ1v) is 7.81. The maximum Gasteiger partial charge on any atom is 0.323 e. The van der Waals surface area contributed by atoms with Crippen LogP contribution >= 0.6 is 0 Å². The summed E-state index contributed by atoms with van der Waals surface area (Å²) in [7, 11) is 0. The van der Waals surface area contributed by atoms with Crippen LogP contribution < -0.4 is 11.0 Å². The van der Waals surface area contributed by atoms with Crippen molar-refractivity contribution in [3.63, 3.8) is 0 Å². The predicted octanol–water partition coefficient (Wildman–Crippen LogP) is 3.32. The quantitative estimate of drug-likeness (QED) is 0.678. The number of amides is 1. The SMILES string of the molecule is Cc1cc2[nH]c(=O)[nH]c2c(NC(=O)CCc2ccc(F)c(F)c2)c1C. The van der Waals surface area contributed by atoms with Crippen LogP contribution in [0.15, 0.2) is 29.1 Å². The van der Waals surface area contributed by atoms with E-state index in [9.17, 15) is 18.4 Å². The monoisotopic (exact) mass is 345 g/mol. The number of anilines is 1. The fourth-order valence-corrected chi connectivity index (χ4v) is 2.72. The summed E-state index contributed by atoms with van der Waals surface area (Å²) < 4.78 is 26.1. The molecule has 0 aliphatic carbocycles. The van der Waals surface area contributed by atoms with Gasteiger partial charge in [0.1, 0.15) is 0 Å². The molecule has 1 aromatic heterocycles. The van der Waals surface area contributed by atoms with Crippen molar-refractivity contribution in [1.29, 1.82) is 0 Å². The topological polar surface area (TPSA) is 77.8 Å². The zero-order valence-electron chi connectivity index (χ0n) is 13.8. The highest BCUT2D eigenvalue weighted by atomic mass is 19.2. The number of halogens is 2. The number of carbonyl (C=O) groups excluding carboxylic acids is 1. The lowest BCUT2D eigenvalue weighted by molar-refractivity contribution is -0.116. The first kappa shape index (κ1) is 16.9. The van der Waals surface area contributed by atoms with Gasteiger partial charge in [-0.3, -0.25) is 4.79 Å². The minimum Gasteiger partial charge on any atom is -0.324 e. The number of rotatable bonds is 4. The highest BCUT2D eigenvalue weighted by Crippen LogP contribution is 2.27. The van der Waals surface area contributed by atoms with Crippen LogP contribution in [0.2, 0.25) is 0 Å². The Hall–Kier alpha value is -2.96. The fourth-order valence-electron chi connectivity index (χ4n) is 2.72. The van der Waals surface area contributed by atoms with Gasteiger partial charge in [-0.25, -0.2) is 13.6 Å².